The van der Waals surface area contributed by atoms with Crippen molar-refractivity contribution < 1.29 is 4.79 Å². The number of carbonyl (C=O) groups is 1. The molecule has 1 aromatic carbocycles. The normalized spacial score (nSPS) is 19.5. The van der Waals surface area contributed by atoms with Gasteiger partial charge in [0.2, 0.25) is 0 Å². The van der Waals surface area contributed by atoms with Crippen LogP contribution in [-0.4, -0.2) is 29.3 Å². The lowest BCUT2D eigenvalue weighted by Gasteiger charge is -2.36. The third-order valence-corrected chi connectivity index (χ3v) is 4.59. The zero-order chi connectivity index (χ0) is 13.8. The van der Waals surface area contributed by atoms with E-state index in [-0.39, 0.29) is 5.91 Å². The Morgan fingerprint density at radius 2 is 2.26 bits per heavy atom. The molecular weight excluding hydrogens is 326 g/mol. The summed E-state index contributed by atoms with van der Waals surface area (Å²) in [7, 11) is 0. The molecule has 0 aliphatic carbocycles. The monoisotopic (exact) mass is 343 g/mol. The zero-order valence-corrected chi connectivity index (χ0v) is 13.5. The van der Waals surface area contributed by atoms with Crippen molar-refractivity contribution in [3.05, 3.63) is 33.8 Å². The number of hydrogen-bond donors (Lipinski definition) is 0. The molecule has 1 fully saturated rings. The van der Waals surface area contributed by atoms with Gasteiger partial charge in [-0.3, -0.25) is 4.79 Å². The van der Waals surface area contributed by atoms with Crippen LogP contribution in [0.1, 0.15) is 41.6 Å². The highest BCUT2D eigenvalue weighted by Crippen LogP contribution is 2.26. The van der Waals surface area contributed by atoms with Crippen molar-refractivity contribution in [3.63, 3.8) is 0 Å². The zero-order valence-electron chi connectivity index (χ0n) is 11.2. The molecule has 104 valence electrons. The van der Waals surface area contributed by atoms with Gasteiger partial charge >= 0.3 is 0 Å². The maximum absolute atomic E-state index is 12.7. The van der Waals surface area contributed by atoms with Gasteiger partial charge in [-0.2, -0.15) is 0 Å². The Labute approximate surface area is 128 Å². The quantitative estimate of drug-likeness (QED) is 0.745. The van der Waals surface area contributed by atoms with Crippen molar-refractivity contribution in [2.75, 3.05) is 12.4 Å². The number of halogens is 2. The maximum Gasteiger partial charge on any atom is 0.255 e. The molecule has 0 radical (unpaired) electrons. The van der Waals surface area contributed by atoms with Crippen LogP contribution in [0.5, 0.6) is 0 Å². The van der Waals surface area contributed by atoms with E-state index in [1.807, 2.05) is 30.0 Å². The number of likely N-dealkylation sites (tertiary alicyclic amines) is 1. The lowest BCUT2D eigenvalue weighted by Crippen LogP contribution is -2.44. The predicted molar refractivity (Wildman–Crippen MR) is 82.9 cm³/mol. The number of piperidine rings is 1. The van der Waals surface area contributed by atoms with E-state index in [1.54, 1.807) is 0 Å². The fourth-order valence-corrected chi connectivity index (χ4v) is 3.32. The van der Waals surface area contributed by atoms with Crippen molar-refractivity contribution >= 4 is 33.4 Å². The average molecular weight is 345 g/mol. The number of rotatable bonds is 3. The Morgan fingerprint density at radius 3 is 3.00 bits per heavy atom. The molecule has 1 aromatic rings. The Hall–Kier alpha value is -0.540. The molecule has 2 rings (SSSR count). The molecule has 1 atom stereocenters. The summed E-state index contributed by atoms with van der Waals surface area (Å²) in [6.07, 6.45) is 4.24. The third kappa shape index (κ3) is 3.51. The van der Waals surface area contributed by atoms with Gasteiger partial charge in [0, 0.05) is 22.9 Å². The second-order valence-corrected chi connectivity index (χ2v) is 6.34. The van der Waals surface area contributed by atoms with Gasteiger partial charge in [-0.05, 0) is 60.7 Å². The minimum Gasteiger partial charge on any atom is -0.336 e. The van der Waals surface area contributed by atoms with Gasteiger partial charge in [0.15, 0.2) is 0 Å². The molecule has 4 heteroatoms. The Bertz CT molecular complexity index is 461. The van der Waals surface area contributed by atoms with Crippen LogP contribution < -0.4 is 0 Å². The summed E-state index contributed by atoms with van der Waals surface area (Å²) >= 11 is 9.34. The van der Waals surface area contributed by atoms with Crippen LogP contribution in [0.25, 0.3) is 0 Å². The first-order chi connectivity index (χ1) is 9.13. The van der Waals surface area contributed by atoms with Crippen LogP contribution in [0.4, 0.5) is 0 Å². The molecule has 0 spiro atoms. The van der Waals surface area contributed by atoms with Gasteiger partial charge in [0.05, 0.1) is 5.56 Å². The molecule has 0 aromatic heterocycles. The average Bonchev–Trinajstić information content (AvgIpc) is 2.42. The van der Waals surface area contributed by atoms with Crippen LogP contribution in [0, 0.1) is 6.92 Å². The van der Waals surface area contributed by atoms with Crippen LogP contribution >= 0.6 is 27.5 Å². The molecular formula is C15H19BrClNO. The van der Waals surface area contributed by atoms with Crippen molar-refractivity contribution in [2.45, 2.75) is 38.6 Å². The number of amides is 1. The van der Waals surface area contributed by atoms with E-state index in [0.29, 0.717) is 11.9 Å². The van der Waals surface area contributed by atoms with E-state index in [1.165, 1.54) is 6.42 Å². The highest BCUT2D eigenvalue weighted by molar-refractivity contribution is 9.10. The van der Waals surface area contributed by atoms with Gasteiger partial charge in [0.25, 0.3) is 5.91 Å². The summed E-state index contributed by atoms with van der Waals surface area (Å²) < 4.78 is 0.873. The first-order valence-electron chi connectivity index (χ1n) is 6.76. The lowest BCUT2D eigenvalue weighted by atomic mass is 9.98. The molecule has 0 bridgehead atoms. The fourth-order valence-electron chi connectivity index (χ4n) is 2.65. The topological polar surface area (TPSA) is 20.3 Å². The van der Waals surface area contributed by atoms with Crippen LogP contribution in [-0.2, 0) is 0 Å². The highest BCUT2D eigenvalue weighted by atomic mass is 79.9. The highest BCUT2D eigenvalue weighted by Gasteiger charge is 2.27. The summed E-state index contributed by atoms with van der Waals surface area (Å²) in [6.45, 7) is 2.86. The van der Waals surface area contributed by atoms with Crippen molar-refractivity contribution in [3.8, 4) is 0 Å². The molecule has 0 N–H and O–H groups in total. The summed E-state index contributed by atoms with van der Waals surface area (Å²) in [6, 6.07) is 6.21. The molecule has 1 aliphatic rings. The maximum atomic E-state index is 12.7. The summed E-state index contributed by atoms with van der Waals surface area (Å²) in [5, 5.41) is 0. The molecule has 1 amide bonds. The molecule has 2 nitrogen and oxygen atoms in total. The van der Waals surface area contributed by atoms with Gasteiger partial charge in [-0.1, -0.05) is 11.6 Å². The van der Waals surface area contributed by atoms with E-state index < -0.39 is 0 Å². The number of alkyl halides is 1. The summed E-state index contributed by atoms with van der Waals surface area (Å²) in [5.74, 6) is 0.745. The number of hydrogen-bond acceptors (Lipinski definition) is 1. The molecule has 19 heavy (non-hydrogen) atoms. The van der Waals surface area contributed by atoms with Crippen LogP contribution in [0.15, 0.2) is 22.7 Å². The number of aryl methyl sites for hydroxylation is 1. The van der Waals surface area contributed by atoms with Crippen molar-refractivity contribution in [1.82, 2.24) is 4.90 Å². The number of carbonyl (C=O) groups excluding carboxylic acids is 1. The largest absolute Gasteiger partial charge is 0.336 e. The predicted octanol–water partition coefficient (Wildman–Crippen LogP) is 4.38. The molecule has 1 unspecified atom stereocenters. The Kier molecular flexibility index (Phi) is 5.28. The summed E-state index contributed by atoms with van der Waals surface area (Å²) in [5.41, 5.74) is 1.87. The first kappa shape index (κ1) is 14.9. The third-order valence-electron chi connectivity index (χ3n) is 3.68. The molecule has 1 saturated heterocycles. The minimum absolute atomic E-state index is 0.130. The lowest BCUT2D eigenvalue weighted by molar-refractivity contribution is 0.0608. The van der Waals surface area contributed by atoms with Crippen molar-refractivity contribution in [1.29, 1.82) is 0 Å². The second-order valence-electron chi connectivity index (χ2n) is 5.11. The smallest absolute Gasteiger partial charge is 0.255 e. The van der Waals surface area contributed by atoms with E-state index in [4.69, 9.17) is 11.6 Å². The van der Waals surface area contributed by atoms with E-state index in [9.17, 15) is 4.79 Å². The number of benzene rings is 1. The Balaban J connectivity index is 2.23. The van der Waals surface area contributed by atoms with Gasteiger partial charge in [-0.15, -0.1) is 11.6 Å². The standard InChI is InChI=1S/C15H19BrClNO/c1-11-5-6-14(16)13(10-11)15(19)18-9-3-2-4-12(18)7-8-17/h5-6,10,12H,2-4,7-9H2,1H3. The molecule has 1 aliphatic heterocycles. The molecule has 0 saturated carbocycles. The van der Waals surface area contributed by atoms with Crippen molar-refractivity contribution in [2.24, 2.45) is 0 Å². The van der Waals surface area contributed by atoms with Gasteiger partial charge < -0.3 is 4.90 Å². The fraction of sp³-hybridized carbons (Fsp3) is 0.533. The van der Waals surface area contributed by atoms with E-state index in [0.717, 1.165) is 41.4 Å². The van der Waals surface area contributed by atoms with Crippen LogP contribution in [0.3, 0.4) is 0 Å². The Morgan fingerprint density at radius 1 is 1.47 bits per heavy atom. The molecule has 1 heterocycles. The van der Waals surface area contributed by atoms with Gasteiger partial charge in [0.1, 0.15) is 0 Å². The SMILES string of the molecule is Cc1ccc(Br)c(C(=O)N2CCCCC2CCCl)c1. The first-order valence-corrected chi connectivity index (χ1v) is 8.09. The van der Waals surface area contributed by atoms with Gasteiger partial charge in [-0.25, -0.2) is 0 Å². The minimum atomic E-state index is 0.130. The van der Waals surface area contributed by atoms with E-state index in [2.05, 4.69) is 15.9 Å². The van der Waals surface area contributed by atoms with E-state index >= 15 is 0 Å². The summed E-state index contributed by atoms with van der Waals surface area (Å²) in [4.78, 5) is 14.7. The number of nitrogens with zero attached hydrogens (tertiary/aromatic N) is 1. The second kappa shape index (κ2) is 6.76. The van der Waals surface area contributed by atoms with Crippen LogP contribution in [0.2, 0.25) is 0 Å².